The molecule has 7 nitrogen and oxygen atoms in total. The van der Waals surface area contributed by atoms with E-state index in [1.165, 1.54) is 22.5 Å². The summed E-state index contributed by atoms with van der Waals surface area (Å²) in [6.07, 6.45) is 7.02. The fraction of sp³-hybridized carbons (Fsp3) is 0.433. The summed E-state index contributed by atoms with van der Waals surface area (Å²) in [5, 5.41) is 7.02. The smallest absolute Gasteiger partial charge is 0.220 e. The second-order valence-corrected chi connectivity index (χ2v) is 12.6. The van der Waals surface area contributed by atoms with Gasteiger partial charge in [0.15, 0.2) is 5.96 Å². The van der Waals surface area contributed by atoms with E-state index < -0.39 is 0 Å². The van der Waals surface area contributed by atoms with Crippen LogP contribution in [0.2, 0.25) is 10.0 Å². The van der Waals surface area contributed by atoms with Gasteiger partial charge in [0.1, 0.15) is 0 Å². The average Bonchev–Trinajstić information content (AvgIpc) is 3.40. The zero-order valence-corrected chi connectivity index (χ0v) is 24.8. The molecule has 1 amide bonds. The van der Waals surface area contributed by atoms with Crippen molar-refractivity contribution < 1.29 is 4.79 Å². The van der Waals surface area contributed by atoms with E-state index in [4.69, 9.17) is 34.7 Å². The zero-order valence-electron chi connectivity index (χ0n) is 22.5. The number of likely N-dealkylation sites (tertiary alicyclic amines) is 1. The molecule has 0 radical (unpaired) electrons. The van der Waals surface area contributed by atoms with Crippen LogP contribution in [0.4, 0.5) is 5.13 Å². The summed E-state index contributed by atoms with van der Waals surface area (Å²) < 4.78 is 0. The van der Waals surface area contributed by atoms with Crippen molar-refractivity contribution in [2.75, 3.05) is 13.1 Å². The van der Waals surface area contributed by atoms with E-state index in [-0.39, 0.29) is 17.9 Å². The molecule has 0 spiro atoms. The summed E-state index contributed by atoms with van der Waals surface area (Å²) in [4.78, 5) is 23.8. The molecule has 5 N–H and O–H groups in total. The van der Waals surface area contributed by atoms with Crippen molar-refractivity contribution in [1.82, 2.24) is 15.2 Å². The maximum Gasteiger partial charge on any atom is 0.220 e. The van der Waals surface area contributed by atoms with Gasteiger partial charge < -0.3 is 16.8 Å². The fourth-order valence-corrected chi connectivity index (χ4v) is 6.90. The largest absolute Gasteiger partial charge is 0.370 e. The molecule has 212 valence electrons. The highest BCUT2D eigenvalue weighted by atomic mass is 35.5. The van der Waals surface area contributed by atoms with E-state index in [1.807, 2.05) is 23.6 Å². The van der Waals surface area contributed by atoms with Crippen molar-refractivity contribution in [2.24, 2.45) is 22.4 Å². The van der Waals surface area contributed by atoms with Crippen LogP contribution in [0.25, 0.3) is 11.3 Å². The first-order valence-electron chi connectivity index (χ1n) is 13.9. The van der Waals surface area contributed by atoms with Crippen molar-refractivity contribution in [3.63, 3.8) is 0 Å². The number of guanidine groups is 1. The predicted octanol–water partition coefficient (Wildman–Crippen LogP) is 6.47. The lowest BCUT2D eigenvalue weighted by Crippen LogP contribution is -2.44. The molecule has 2 heterocycles. The molecule has 0 bridgehead atoms. The van der Waals surface area contributed by atoms with Gasteiger partial charge in [-0.25, -0.2) is 4.98 Å². The molecule has 1 saturated carbocycles. The summed E-state index contributed by atoms with van der Waals surface area (Å²) in [7, 11) is 0. The van der Waals surface area contributed by atoms with Gasteiger partial charge >= 0.3 is 0 Å². The van der Waals surface area contributed by atoms with Crippen LogP contribution in [0.1, 0.15) is 62.0 Å². The fourth-order valence-electron chi connectivity index (χ4n) is 5.86. The van der Waals surface area contributed by atoms with E-state index in [9.17, 15) is 4.79 Å². The Morgan fingerprint density at radius 3 is 2.40 bits per heavy atom. The second-order valence-electron chi connectivity index (χ2n) is 11.0. The summed E-state index contributed by atoms with van der Waals surface area (Å²) in [6.45, 7) is 2.79. The van der Waals surface area contributed by atoms with Crippen LogP contribution in [0.15, 0.2) is 52.8 Å². The molecule has 40 heavy (non-hydrogen) atoms. The molecule has 0 unspecified atom stereocenters. The summed E-state index contributed by atoms with van der Waals surface area (Å²) in [5.74, 6) is 1.23. The van der Waals surface area contributed by atoms with Crippen LogP contribution in [0, 0.1) is 5.92 Å². The summed E-state index contributed by atoms with van der Waals surface area (Å²) >= 11 is 13.6. The Morgan fingerprint density at radius 2 is 1.73 bits per heavy atom. The van der Waals surface area contributed by atoms with E-state index >= 15 is 0 Å². The highest BCUT2D eigenvalue weighted by molar-refractivity contribution is 7.13. The number of piperidine rings is 1. The molecule has 1 saturated heterocycles. The van der Waals surface area contributed by atoms with Crippen molar-refractivity contribution in [1.29, 1.82) is 0 Å². The molecule has 2 fully saturated rings. The first-order valence-corrected chi connectivity index (χ1v) is 15.6. The molecule has 2 aliphatic rings. The molecule has 1 aliphatic carbocycles. The standard InChI is InChI=1S/C30H36Cl2N6OS/c31-25-10-3-20(15-26(25)32)17-38-13-11-24(12-14-38)35-28(39)16-19-1-4-21(5-2-19)22-6-8-23(9-7-22)27-18-40-30(36-27)37-29(33)34/h3,6-10,15,18-19,21,24H,1-2,4-5,11-14,16-17H2,(H,35,39)(H4,33,34,36,37). The third kappa shape index (κ3) is 7.75. The minimum atomic E-state index is 0.0160. The summed E-state index contributed by atoms with van der Waals surface area (Å²) in [5.41, 5.74) is 15.4. The molecule has 1 aliphatic heterocycles. The Hall–Kier alpha value is -2.65. The topological polar surface area (TPSA) is 110 Å². The van der Waals surface area contributed by atoms with Crippen LogP contribution in [0.3, 0.4) is 0 Å². The number of nitrogens with one attached hydrogen (secondary N) is 1. The van der Waals surface area contributed by atoms with Gasteiger partial charge in [-0.15, -0.1) is 11.3 Å². The first-order chi connectivity index (χ1) is 19.3. The number of thiazole rings is 1. The molecule has 3 aromatic rings. The quantitative estimate of drug-likeness (QED) is 0.203. The lowest BCUT2D eigenvalue weighted by Gasteiger charge is -2.33. The van der Waals surface area contributed by atoms with Gasteiger partial charge in [0, 0.05) is 43.0 Å². The minimum Gasteiger partial charge on any atom is -0.370 e. The lowest BCUT2D eigenvalue weighted by molar-refractivity contribution is -0.123. The van der Waals surface area contributed by atoms with E-state index in [1.54, 1.807) is 0 Å². The molecule has 0 atom stereocenters. The number of aliphatic imine (C=N–C) groups is 1. The Kier molecular flexibility index (Phi) is 9.63. The second kappa shape index (κ2) is 13.3. The highest BCUT2D eigenvalue weighted by Crippen LogP contribution is 2.38. The van der Waals surface area contributed by atoms with E-state index in [0.717, 1.165) is 69.4 Å². The normalized spacial score (nSPS) is 20.2. The number of carbonyl (C=O) groups is 1. The van der Waals surface area contributed by atoms with Gasteiger partial charge in [0.2, 0.25) is 11.0 Å². The third-order valence-corrected chi connectivity index (χ3v) is 9.53. The number of carbonyl (C=O) groups excluding carboxylic acids is 1. The van der Waals surface area contributed by atoms with Crippen LogP contribution in [-0.4, -0.2) is 40.9 Å². The number of halogens is 2. The average molecular weight is 600 g/mol. The molecular weight excluding hydrogens is 563 g/mol. The van der Waals surface area contributed by atoms with Crippen LogP contribution < -0.4 is 16.8 Å². The zero-order chi connectivity index (χ0) is 28.1. The molecule has 10 heteroatoms. The number of benzene rings is 2. The monoisotopic (exact) mass is 598 g/mol. The Morgan fingerprint density at radius 1 is 1.00 bits per heavy atom. The van der Waals surface area contributed by atoms with Gasteiger partial charge in [-0.1, -0.05) is 53.5 Å². The molecule has 2 aromatic carbocycles. The molecule has 1 aromatic heterocycles. The highest BCUT2D eigenvalue weighted by Gasteiger charge is 2.26. The van der Waals surface area contributed by atoms with Crippen LogP contribution in [-0.2, 0) is 11.3 Å². The Balaban J connectivity index is 1.02. The molecule has 5 rings (SSSR count). The number of rotatable bonds is 8. The Bertz CT molecular complexity index is 1320. The number of nitrogens with two attached hydrogens (primary N) is 2. The lowest BCUT2D eigenvalue weighted by atomic mass is 9.77. The van der Waals surface area contributed by atoms with Crippen LogP contribution in [0.5, 0.6) is 0 Å². The third-order valence-electron chi connectivity index (χ3n) is 8.06. The Labute approximate surface area is 250 Å². The first kappa shape index (κ1) is 28.9. The van der Waals surface area contributed by atoms with Gasteiger partial charge in [0.25, 0.3) is 0 Å². The maximum absolute atomic E-state index is 12.8. The SMILES string of the molecule is NC(N)=Nc1nc(-c2ccc(C3CCC(CC(=O)NC4CCN(Cc5ccc(Cl)c(Cl)c5)CC4)CC3)cc2)cs1. The van der Waals surface area contributed by atoms with Gasteiger partial charge in [-0.05, 0) is 73.6 Å². The van der Waals surface area contributed by atoms with Crippen molar-refractivity contribution in [2.45, 2.75) is 63.5 Å². The maximum atomic E-state index is 12.8. The molecular formula is C30H36Cl2N6OS. The summed E-state index contributed by atoms with van der Waals surface area (Å²) in [6, 6.07) is 14.8. The van der Waals surface area contributed by atoms with Gasteiger partial charge in [0.05, 0.1) is 15.7 Å². The van der Waals surface area contributed by atoms with Crippen LogP contribution >= 0.6 is 34.5 Å². The number of nitrogens with zero attached hydrogens (tertiary/aromatic N) is 3. The van der Waals surface area contributed by atoms with Crippen molar-refractivity contribution in [3.8, 4) is 11.3 Å². The van der Waals surface area contributed by atoms with Gasteiger partial charge in [-0.2, -0.15) is 4.99 Å². The minimum absolute atomic E-state index is 0.0160. The van der Waals surface area contributed by atoms with Crippen molar-refractivity contribution in [3.05, 3.63) is 69.0 Å². The number of hydrogen-bond acceptors (Lipinski definition) is 5. The number of hydrogen-bond donors (Lipinski definition) is 3. The number of aromatic nitrogens is 1. The van der Waals surface area contributed by atoms with Crippen molar-refractivity contribution >= 4 is 51.5 Å². The van der Waals surface area contributed by atoms with Gasteiger partial charge in [-0.3, -0.25) is 9.69 Å². The predicted molar refractivity (Wildman–Crippen MR) is 165 cm³/mol. The van der Waals surface area contributed by atoms with E-state index in [2.05, 4.69) is 44.5 Å². The van der Waals surface area contributed by atoms with E-state index in [0.29, 0.717) is 33.4 Å². The number of amides is 1.